The number of alkyl halides is 3. The minimum absolute atomic E-state index is 0.0838. The van der Waals surface area contributed by atoms with E-state index in [1.807, 2.05) is 5.92 Å². The van der Waals surface area contributed by atoms with Crippen molar-refractivity contribution in [3.63, 3.8) is 0 Å². The van der Waals surface area contributed by atoms with Crippen LogP contribution in [0.4, 0.5) is 19.1 Å². The maximum Gasteiger partial charge on any atom is 0.471 e. The number of amides is 1. The molecule has 1 N–H and O–H groups in total. The van der Waals surface area contributed by atoms with Gasteiger partial charge >= 0.3 is 18.1 Å². The standard InChI is InChI=1S/C11H8F3N3O3/c1-3-4-17(9(20)11(12,13)14)10-15-5-7(8(18)19)6(2)16-10/h1,5H,4H2,2H3,(H,18,19). The highest BCUT2D eigenvalue weighted by Crippen LogP contribution is 2.21. The Morgan fingerprint density at radius 1 is 1.50 bits per heavy atom. The van der Waals surface area contributed by atoms with E-state index in [4.69, 9.17) is 11.5 Å². The number of carbonyl (C=O) groups is 2. The molecule has 0 aromatic carbocycles. The first-order chi connectivity index (χ1) is 9.18. The van der Waals surface area contributed by atoms with E-state index < -0.39 is 30.5 Å². The first-order valence-electron chi connectivity index (χ1n) is 5.07. The fraction of sp³-hybridized carbons (Fsp3) is 0.273. The molecule has 0 aliphatic rings. The molecule has 1 heterocycles. The first kappa shape index (κ1) is 15.4. The molecule has 20 heavy (non-hydrogen) atoms. The van der Waals surface area contributed by atoms with Gasteiger partial charge in [-0.2, -0.15) is 13.2 Å². The zero-order valence-corrected chi connectivity index (χ0v) is 10.1. The van der Waals surface area contributed by atoms with Crippen LogP contribution in [0.25, 0.3) is 0 Å². The lowest BCUT2D eigenvalue weighted by Gasteiger charge is -2.19. The topological polar surface area (TPSA) is 83.4 Å². The van der Waals surface area contributed by atoms with E-state index in [1.165, 1.54) is 6.92 Å². The van der Waals surface area contributed by atoms with Gasteiger partial charge in [-0.3, -0.25) is 9.69 Å². The maximum absolute atomic E-state index is 12.4. The van der Waals surface area contributed by atoms with E-state index >= 15 is 0 Å². The van der Waals surface area contributed by atoms with Gasteiger partial charge in [0.15, 0.2) is 0 Å². The Balaban J connectivity index is 3.24. The summed E-state index contributed by atoms with van der Waals surface area (Å²) in [6.45, 7) is 0.574. The molecule has 1 rings (SSSR count). The Bertz CT molecular complexity index is 593. The van der Waals surface area contributed by atoms with Gasteiger partial charge in [-0.1, -0.05) is 5.92 Å². The van der Waals surface area contributed by atoms with E-state index in [1.54, 1.807) is 0 Å². The van der Waals surface area contributed by atoms with Crippen LogP contribution in [0.1, 0.15) is 16.1 Å². The molecule has 0 atom stereocenters. The van der Waals surface area contributed by atoms with E-state index in [-0.39, 0.29) is 16.2 Å². The van der Waals surface area contributed by atoms with Gasteiger partial charge in [-0.25, -0.2) is 14.8 Å². The van der Waals surface area contributed by atoms with Gasteiger partial charge in [0.05, 0.1) is 17.8 Å². The van der Waals surface area contributed by atoms with Gasteiger partial charge in [0.1, 0.15) is 0 Å². The number of carboxylic acid groups (broad SMARTS) is 1. The number of aromatic carboxylic acids is 1. The molecule has 6 nitrogen and oxygen atoms in total. The Hall–Kier alpha value is -2.63. The summed E-state index contributed by atoms with van der Waals surface area (Å²) in [5.74, 6) is -2.28. The van der Waals surface area contributed by atoms with E-state index in [2.05, 4.69) is 9.97 Å². The van der Waals surface area contributed by atoms with Crippen LogP contribution >= 0.6 is 0 Å². The van der Waals surface area contributed by atoms with Crippen LogP contribution in [0, 0.1) is 19.3 Å². The summed E-state index contributed by atoms with van der Waals surface area (Å²) in [7, 11) is 0. The Kier molecular flexibility index (Phi) is 4.29. The molecule has 0 bridgehead atoms. The van der Waals surface area contributed by atoms with Crippen LogP contribution < -0.4 is 4.90 Å². The van der Waals surface area contributed by atoms with Crippen LogP contribution in [-0.4, -0.2) is 39.7 Å². The summed E-state index contributed by atoms with van der Waals surface area (Å²) >= 11 is 0. The van der Waals surface area contributed by atoms with E-state index in [0.29, 0.717) is 0 Å². The smallest absolute Gasteiger partial charge is 0.471 e. The number of hydrogen-bond acceptors (Lipinski definition) is 4. The van der Waals surface area contributed by atoms with Crippen molar-refractivity contribution in [1.29, 1.82) is 0 Å². The zero-order valence-electron chi connectivity index (χ0n) is 10.1. The van der Waals surface area contributed by atoms with Crippen molar-refractivity contribution in [2.75, 3.05) is 11.4 Å². The second kappa shape index (κ2) is 5.56. The zero-order chi connectivity index (χ0) is 15.5. The van der Waals surface area contributed by atoms with Gasteiger partial charge in [0, 0.05) is 6.20 Å². The lowest BCUT2D eigenvalue weighted by atomic mass is 10.2. The first-order valence-corrected chi connectivity index (χ1v) is 5.07. The van der Waals surface area contributed by atoms with Crippen molar-refractivity contribution >= 4 is 17.8 Å². The fourth-order valence-corrected chi connectivity index (χ4v) is 1.27. The number of aryl methyl sites for hydroxylation is 1. The average Bonchev–Trinajstić information content (AvgIpc) is 2.33. The minimum atomic E-state index is -5.14. The predicted molar refractivity (Wildman–Crippen MR) is 61.0 cm³/mol. The molecule has 0 aliphatic heterocycles. The Morgan fingerprint density at radius 2 is 2.10 bits per heavy atom. The minimum Gasteiger partial charge on any atom is -0.478 e. The summed E-state index contributed by atoms with van der Waals surface area (Å²) in [6, 6.07) is 0. The number of nitrogens with zero attached hydrogens (tertiary/aromatic N) is 3. The van der Waals surface area contributed by atoms with Crippen LogP contribution in [0.2, 0.25) is 0 Å². The monoisotopic (exact) mass is 287 g/mol. The molecule has 0 saturated heterocycles. The van der Waals surface area contributed by atoms with Crippen molar-refractivity contribution in [3.05, 3.63) is 17.5 Å². The molecule has 9 heteroatoms. The number of rotatable bonds is 3. The molecule has 0 unspecified atom stereocenters. The lowest BCUT2D eigenvalue weighted by molar-refractivity contribution is -0.170. The molecule has 1 aromatic rings. The number of anilines is 1. The van der Waals surface area contributed by atoms with E-state index in [0.717, 1.165) is 6.20 Å². The van der Waals surface area contributed by atoms with Crippen molar-refractivity contribution in [2.45, 2.75) is 13.1 Å². The third-order valence-electron chi connectivity index (χ3n) is 2.18. The van der Waals surface area contributed by atoms with Crippen LogP contribution in [0.3, 0.4) is 0 Å². The second-order valence-corrected chi connectivity index (χ2v) is 3.57. The number of terminal acetylenes is 1. The maximum atomic E-state index is 12.4. The fourth-order valence-electron chi connectivity index (χ4n) is 1.27. The largest absolute Gasteiger partial charge is 0.478 e. The quantitative estimate of drug-likeness (QED) is 0.839. The SMILES string of the molecule is C#CCN(C(=O)C(F)(F)F)c1ncc(C(=O)O)c(C)n1. The van der Waals surface area contributed by atoms with Crippen molar-refractivity contribution < 1.29 is 27.9 Å². The summed E-state index contributed by atoms with van der Waals surface area (Å²) in [4.78, 5) is 29.1. The molecule has 1 aromatic heterocycles. The number of aromatic nitrogens is 2. The van der Waals surface area contributed by atoms with Crippen LogP contribution in [-0.2, 0) is 4.79 Å². The van der Waals surface area contributed by atoms with Crippen molar-refractivity contribution in [3.8, 4) is 12.3 Å². The van der Waals surface area contributed by atoms with Crippen molar-refractivity contribution in [1.82, 2.24) is 9.97 Å². The van der Waals surface area contributed by atoms with Gasteiger partial charge < -0.3 is 5.11 Å². The van der Waals surface area contributed by atoms with Crippen LogP contribution in [0.5, 0.6) is 0 Å². The van der Waals surface area contributed by atoms with Crippen molar-refractivity contribution in [2.24, 2.45) is 0 Å². The van der Waals surface area contributed by atoms with Crippen LogP contribution in [0.15, 0.2) is 6.20 Å². The van der Waals surface area contributed by atoms with E-state index in [9.17, 15) is 22.8 Å². The molecule has 0 radical (unpaired) electrons. The normalized spacial score (nSPS) is 10.8. The molecular weight excluding hydrogens is 279 g/mol. The molecular formula is C11H8F3N3O3. The summed E-state index contributed by atoms with van der Waals surface area (Å²) in [6.07, 6.45) is 0.576. The molecule has 0 spiro atoms. The second-order valence-electron chi connectivity index (χ2n) is 3.57. The molecule has 0 fully saturated rings. The van der Waals surface area contributed by atoms with Gasteiger partial charge in [-0.15, -0.1) is 6.42 Å². The highest BCUT2D eigenvalue weighted by molar-refractivity contribution is 5.96. The summed E-state index contributed by atoms with van der Waals surface area (Å²) in [5.41, 5.74) is -0.367. The highest BCUT2D eigenvalue weighted by Gasteiger charge is 2.43. The third-order valence-corrected chi connectivity index (χ3v) is 2.18. The Morgan fingerprint density at radius 3 is 2.50 bits per heavy atom. The van der Waals surface area contributed by atoms with Gasteiger partial charge in [-0.05, 0) is 6.92 Å². The number of carbonyl (C=O) groups excluding carboxylic acids is 1. The number of hydrogen-bond donors (Lipinski definition) is 1. The summed E-state index contributed by atoms with van der Waals surface area (Å²) < 4.78 is 37.2. The summed E-state index contributed by atoms with van der Waals surface area (Å²) in [5, 5.41) is 8.76. The average molecular weight is 287 g/mol. The molecule has 1 amide bonds. The lowest BCUT2D eigenvalue weighted by Crippen LogP contribution is -2.42. The third kappa shape index (κ3) is 3.23. The number of halogens is 3. The molecule has 0 aliphatic carbocycles. The van der Waals surface area contributed by atoms with Gasteiger partial charge in [0.25, 0.3) is 0 Å². The Labute approximate surface area is 111 Å². The highest BCUT2D eigenvalue weighted by atomic mass is 19.4. The van der Waals surface area contributed by atoms with Gasteiger partial charge in [0.2, 0.25) is 5.95 Å². The predicted octanol–water partition coefficient (Wildman–Crippen LogP) is 1.01. The number of carboxylic acids is 1. The molecule has 106 valence electrons. The molecule has 0 saturated carbocycles.